The Morgan fingerprint density at radius 1 is 1.23 bits per heavy atom. The van der Waals surface area contributed by atoms with Crippen LogP contribution >= 0.6 is 0 Å². The Balaban J connectivity index is 2.07. The van der Waals surface area contributed by atoms with Gasteiger partial charge in [0.15, 0.2) is 0 Å². The van der Waals surface area contributed by atoms with E-state index in [1.807, 2.05) is 11.8 Å². The van der Waals surface area contributed by atoms with E-state index in [0.717, 1.165) is 24.9 Å². The fourth-order valence-electron chi connectivity index (χ4n) is 3.65. The maximum Gasteiger partial charge on any atom is 0.310 e. The third-order valence-corrected chi connectivity index (χ3v) is 7.36. The molecule has 1 saturated heterocycles. The monoisotopic (exact) mass is 439 g/mol. The van der Waals surface area contributed by atoms with E-state index >= 15 is 0 Å². The molecule has 2 rings (SSSR count). The SMILES string of the molecule is CCOC(=O)C1CCCN(CC(=O)Nc2cc(S(=O)(=O)N(CC)CC)ccc2C)C1. The number of hydrogen-bond donors (Lipinski definition) is 1. The van der Waals surface area contributed by atoms with Crippen LogP contribution < -0.4 is 5.32 Å². The number of benzene rings is 1. The zero-order valence-corrected chi connectivity index (χ0v) is 19.1. The number of ether oxygens (including phenoxy) is 1. The van der Waals surface area contributed by atoms with Crippen molar-refractivity contribution < 1.29 is 22.7 Å². The molecule has 168 valence electrons. The lowest BCUT2D eigenvalue weighted by molar-refractivity contribution is -0.150. The van der Waals surface area contributed by atoms with Gasteiger partial charge in [0.25, 0.3) is 0 Å². The Bertz CT molecular complexity index is 852. The van der Waals surface area contributed by atoms with Crippen molar-refractivity contribution >= 4 is 27.6 Å². The van der Waals surface area contributed by atoms with E-state index in [9.17, 15) is 18.0 Å². The highest BCUT2D eigenvalue weighted by Gasteiger charge is 2.28. The van der Waals surface area contributed by atoms with Crippen molar-refractivity contribution in [3.05, 3.63) is 23.8 Å². The van der Waals surface area contributed by atoms with Gasteiger partial charge >= 0.3 is 5.97 Å². The summed E-state index contributed by atoms with van der Waals surface area (Å²) in [6.45, 7) is 9.66. The van der Waals surface area contributed by atoms with Crippen LogP contribution in [0.25, 0.3) is 0 Å². The fourth-order valence-corrected chi connectivity index (χ4v) is 5.14. The number of nitrogens with zero attached hydrogens (tertiary/aromatic N) is 2. The zero-order chi connectivity index (χ0) is 22.3. The quantitative estimate of drug-likeness (QED) is 0.593. The van der Waals surface area contributed by atoms with Crippen LogP contribution in [-0.4, -0.2) is 68.8 Å². The van der Waals surface area contributed by atoms with Crippen molar-refractivity contribution in [3.63, 3.8) is 0 Å². The Hall–Kier alpha value is -1.97. The summed E-state index contributed by atoms with van der Waals surface area (Å²) in [5.41, 5.74) is 1.26. The van der Waals surface area contributed by atoms with Gasteiger partial charge in [-0.1, -0.05) is 19.9 Å². The number of carbonyl (C=O) groups excluding carboxylic acids is 2. The molecular weight excluding hydrogens is 406 g/mol. The number of nitrogens with one attached hydrogen (secondary N) is 1. The predicted octanol–water partition coefficient (Wildman–Crippen LogP) is 2.24. The first-order chi connectivity index (χ1) is 14.2. The first-order valence-corrected chi connectivity index (χ1v) is 12.0. The molecule has 1 amide bonds. The van der Waals surface area contributed by atoms with Crippen molar-refractivity contribution in [1.29, 1.82) is 0 Å². The van der Waals surface area contributed by atoms with Crippen LogP contribution in [0.3, 0.4) is 0 Å². The summed E-state index contributed by atoms with van der Waals surface area (Å²) >= 11 is 0. The third-order valence-electron chi connectivity index (χ3n) is 5.32. The summed E-state index contributed by atoms with van der Waals surface area (Å²) in [6, 6.07) is 4.77. The number of sulfonamides is 1. The molecule has 0 aliphatic carbocycles. The maximum absolute atomic E-state index is 12.8. The Labute approximate surface area is 179 Å². The van der Waals surface area contributed by atoms with Crippen LogP contribution in [0.5, 0.6) is 0 Å². The van der Waals surface area contributed by atoms with E-state index in [-0.39, 0.29) is 29.2 Å². The number of esters is 1. The number of anilines is 1. The molecule has 9 heteroatoms. The molecule has 1 aromatic rings. The standard InChI is InChI=1S/C21H33N3O5S/c1-5-24(6-2)30(27,28)18-11-10-16(4)19(13-18)22-20(25)15-23-12-8-9-17(14-23)21(26)29-7-3/h10-11,13,17H,5-9,12,14-15H2,1-4H3,(H,22,25). The van der Waals surface area contributed by atoms with Crippen LogP contribution in [0, 0.1) is 12.8 Å². The normalized spacial score (nSPS) is 17.7. The summed E-state index contributed by atoms with van der Waals surface area (Å²) in [6.07, 6.45) is 1.59. The van der Waals surface area contributed by atoms with E-state index in [0.29, 0.717) is 31.9 Å². The minimum atomic E-state index is -3.61. The summed E-state index contributed by atoms with van der Waals surface area (Å²) < 4.78 is 32.0. The number of hydrogen-bond acceptors (Lipinski definition) is 6. The lowest BCUT2D eigenvalue weighted by atomic mass is 9.98. The molecule has 1 unspecified atom stereocenters. The van der Waals surface area contributed by atoms with Crippen molar-refractivity contribution in [2.45, 2.75) is 45.4 Å². The Morgan fingerprint density at radius 3 is 2.57 bits per heavy atom. The van der Waals surface area contributed by atoms with Gasteiger partial charge in [-0.3, -0.25) is 14.5 Å². The topological polar surface area (TPSA) is 96.0 Å². The zero-order valence-electron chi connectivity index (χ0n) is 18.3. The molecule has 1 aliphatic rings. The molecule has 0 radical (unpaired) electrons. The van der Waals surface area contributed by atoms with E-state index < -0.39 is 10.0 Å². The first-order valence-electron chi connectivity index (χ1n) is 10.5. The van der Waals surface area contributed by atoms with E-state index in [1.54, 1.807) is 32.9 Å². The van der Waals surface area contributed by atoms with Crippen molar-refractivity contribution in [1.82, 2.24) is 9.21 Å². The largest absolute Gasteiger partial charge is 0.466 e. The number of rotatable bonds is 9. The molecule has 30 heavy (non-hydrogen) atoms. The van der Waals surface area contributed by atoms with Crippen LogP contribution in [0.1, 0.15) is 39.2 Å². The highest BCUT2D eigenvalue weighted by molar-refractivity contribution is 7.89. The van der Waals surface area contributed by atoms with Crippen LogP contribution in [0.4, 0.5) is 5.69 Å². The second-order valence-electron chi connectivity index (χ2n) is 7.44. The van der Waals surface area contributed by atoms with Crippen molar-refractivity contribution in [3.8, 4) is 0 Å². The van der Waals surface area contributed by atoms with Crippen LogP contribution in [-0.2, 0) is 24.3 Å². The second kappa shape index (κ2) is 10.9. The van der Waals surface area contributed by atoms with E-state index in [4.69, 9.17) is 4.74 Å². The molecule has 0 saturated carbocycles. The number of piperidine rings is 1. The molecule has 0 bridgehead atoms. The summed E-state index contributed by atoms with van der Waals surface area (Å²) in [5, 5.41) is 2.83. The average Bonchev–Trinajstić information content (AvgIpc) is 2.70. The van der Waals surface area contributed by atoms with Crippen molar-refractivity contribution in [2.75, 3.05) is 44.6 Å². The smallest absolute Gasteiger partial charge is 0.310 e. The number of likely N-dealkylation sites (tertiary alicyclic amines) is 1. The van der Waals surface area contributed by atoms with Gasteiger partial charge < -0.3 is 10.1 Å². The number of amides is 1. The molecular formula is C21H33N3O5S. The van der Waals surface area contributed by atoms with Crippen molar-refractivity contribution in [2.24, 2.45) is 5.92 Å². The van der Waals surface area contributed by atoms with Gasteiger partial charge in [-0.15, -0.1) is 0 Å². The van der Waals surface area contributed by atoms with Crippen LogP contribution in [0.2, 0.25) is 0 Å². The highest BCUT2D eigenvalue weighted by Crippen LogP contribution is 2.23. The van der Waals surface area contributed by atoms with Gasteiger partial charge in [0, 0.05) is 25.3 Å². The molecule has 1 fully saturated rings. The van der Waals surface area contributed by atoms with Gasteiger partial charge in [-0.25, -0.2) is 8.42 Å². The fraction of sp³-hybridized carbons (Fsp3) is 0.619. The van der Waals surface area contributed by atoms with E-state index in [2.05, 4.69) is 5.32 Å². The highest BCUT2D eigenvalue weighted by atomic mass is 32.2. The summed E-state index contributed by atoms with van der Waals surface area (Å²) in [7, 11) is -3.61. The molecule has 1 aliphatic heterocycles. The molecule has 1 atom stereocenters. The third kappa shape index (κ3) is 6.02. The maximum atomic E-state index is 12.8. The first kappa shape index (κ1) is 24.3. The molecule has 8 nitrogen and oxygen atoms in total. The molecule has 0 spiro atoms. The average molecular weight is 440 g/mol. The summed E-state index contributed by atoms with van der Waals surface area (Å²) in [5.74, 6) is -0.663. The number of carbonyl (C=O) groups is 2. The van der Waals surface area contributed by atoms with Crippen LogP contribution in [0.15, 0.2) is 23.1 Å². The van der Waals surface area contributed by atoms with Gasteiger partial charge in [0.1, 0.15) is 0 Å². The predicted molar refractivity (Wildman–Crippen MR) is 116 cm³/mol. The molecule has 1 aromatic carbocycles. The number of aryl methyl sites for hydroxylation is 1. The Morgan fingerprint density at radius 2 is 1.93 bits per heavy atom. The van der Waals surface area contributed by atoms with Gasteiger partial charge in [0.05, 0.1) is 24.0 Å². The van der Waals surface area contributed by atoms with Gasteiger partial charge in [0.2, 0.25) is 15.9 Å². The second-order valence-corrected chi connectivity index (χ2v) is 9.38. The van der Waals surface area contributed by atoms with Gasteiger partial charge in [-0.05, 0) is 50.9 Å². The molecule has 0 aromatic heterocycles. The minimum Gasteiger partial charge on any atom is -0.466 e. The lowest BCUT2D eigenvalue weighted by Crippen LogP contribution is -2.43. The summed E-state index contributed by atoms with van der Waals surface area (Å²) in [4.78, 5) is 26.7. The van der Waals surface area contributed by atoms with E-state index in [1.165, 1.54) is 10.4 Å². The lowest BCUT2D eigenvalue weighted by Gasteiger charge is -2.30. The Kier molecular flexibility index (Phi) is 8.81. The molecule has 1 heterocycles. The molecule has 1 N–H and O–H groups in total. The minimum absolute atomic E-state index is 0.141. The van der Waals surface area contributed by atoms with Gasteiger partial charge in [-0.2, -0.15) is 4.31 Å².